The van der Waals surface area contributed by atoms with E-state index in [1.54, 1.807) is 23.5 Å². The molecular formula is C11H12N6OS. The van der Waals surface area contributed by atoms with Gasteiger partial charge in [0.15, 0.2) is 5.65 Å². The van der Waals surface area contributed by atoms with Crippen molar-refractivity contribution in [3.8, 4) is 0 Å². The van der Waals surface area contributed by atoms with E-state index >= 15 is 0 Å². The minimum atomic E-state index is -0.351. The first-order valence-electron chi connectivity index (χ1n) is 5.76. The fourth-order valence-corrected chi connectivity index (χ4v) is 2.54. The van der Waals surface area contributed by atoms with Gasteiger partial charge in [-0.1, -0.05) is 0 Å². The second kappa shape index (κ2) is 4.47. The van der Waals surface area contributed by atoms with Crippen LogP contribution >= 0.6 is 11.3 Å². The Kier molecular flexibility index (Phi) is 2.79. The minimum Gasteiger partial charge on any atom is -0.360 e. The van der Waals surface area contributed by atoms with Crippen LogP contribution < -0.4 is 11.0 Å². The summed E-state index contributed by atoms with van der Waals surface area (Å²) in [5, 5.41) is 16.6. The van der Waals surface area contributed by atoms with Gasteiger partial charge in [-0.15, -0.1) is 16.4 Å². The summed E-state index contributed by atoms with van der Waals surface area (Å²) in [6, 6.07) is 3.55. The summed E-state index contributed by atoms with van der Waals surface area (Å²) in [5.74, 6) is 0.608. The van der Waals surface area contributed by atoms with Crippen LogP contribution in [0.2, 0.25) is 0 Å². The van der Waals surface area contributed by atoms with Gasteiger partial charge in [0.05, 0.1) is 6.04 Å². The number of hydrogen-bond acceptors (Lipinski definition) is 6. The molecule has 0 amide bonds. The smallest absolute Gasteiger partial charge is 0.360 e. The lowest BCUT2D eigenvalue weighted by atomic mass is 10.3. The molecule has 0 aliphatic carbocycles. The second-order valence-corrected chi connectivity index (χ2v) is 5.10. The Hall–Kier alpha value is -2.22. The van der Waals surface area contributed by atoms with Gasteiger partial charge in [-0.05, 0) is 26.0 Å². The maximum atomic E-state index is 11.4. The number of aromatic amines is 1. The van der Waals surface area contributed by atoms with E-state index in [0.29, 0.717) is 11.5 Å². The number of thiazole rings is 1. The topological polar surface area (TPSA) is 88.0 Å². The first-order chi connectivity index (χ1) is 9.13. The van der Waals surface area contributed by atoms with Gasteiger partial charge in [-0.25, -0.2) is 14.9 Å². The van der Waals surface area contributed by atoms with Gasteiger partial charge < -0.3 is 5.32 Å². The van der Waals surface area contributed by atoms with Crippen molar-refractivity contribution in [1.29, 1.82) is 0 Å². The van der Waals surface area contributed by atoms with Crippen molar-refractivity contribution < 1.29 is 0 Å². The quantitative estimate of drug-likeness (QED) is 0.754. The van der Waals surface area contributed by atoms with Crippen LogP contribution in [0.25, 0.3) is 5.65 Å². The maximum Gasteiger partial charge on any atom is 0.364 e. The summed E-state index contributed by atoms with van der Waals surface area (Å²) in [6.45, 7) is 3.96. The highest BCUT2D eigenvalue weighted by Gasteiger charge is 2.11. The predicted molar refractivity (Wildman–Crippen MR) is 72.5 cm³/mol. The van der Waals surface area contributed by atoms with Gasteiger partial charge in [0.25, 0.3) is 0 Å². The number of aryl methyl sites for hydroxylation is 1. The molecule has 8 heteroatoms. The number of nitrogens with zero attached hydrogens (tertiary/aromatic N) is 4. The molecule has 1 unspecified atom stereocenters. The van der Waals surface area contributed by atoms with E-state index in [9.17, 15) is 4.79 Å². The highest BCUT2D eigenvalue weighted by atomic mass is 32.1. The highest BCUT2D eigenvalue weighted by Crippen LogP contribution is 2.21. The Bertz CT molecular complexity index is 773. The molecule has 98 valence electrons. The summed E-state index contributed by atoms with van der Waals surface area (Å²) in [4.78, 5) is 15.9. The number of nitrogens with one attached hydrogen (secondary N) is 2. The molecule has 0 saturated heterocycles. The third-order valence-electron chi connectivity index (χ3n) is 2.65. The number of hydrogen-bond donors (Lipinski definition) is 2. The molecule has 7 nitrogen and oxygen atoms in total. The Balaban J connectivity index is 1.88. The average molecular weight is 276 g/mol. The predicted octanol–water partition coefficient (Wildman–Crippen LogP) is 1.36. The van der Waals surface area contributed by atoms with Crippen LogP contribution in [0.3, 0.4) is 0 Å². The fourth-order valence-electron chi connectivity index (χ4n) is 1.73. The first-order valence-corrected chi connectivity index (χ1v) is 6.64. The minimum absolute atomic E-state index is 0.0336. The molecule has 3 aromatic rings. The van der Waals surface area contributed by atoms with Crippen molar-refractivity contribution in [3.05, 3.63) is 38.7 Å². The molecule has 3 rings (SSSR count). The van der Waals surface area contributed by atoms with Crippen molar-refractivity contribution >= 4 is 22.8 Å². The van der Waals surface area contributed by atoms with E-state index < -0.39 is 0 Å². The molecular weight excluding hydrogens is 264 g/mol. The number of fused-ring (bicyclic) bond motifs is 1. The van der Waals surface area contributed by atoms with Gasteiger partial charge in [0.2, 0.25) is 0 Å². The molecule has 0 radical (unpaired) electrons. The molecule has 0 fully saturated rings. The molecule has 1 atom stereocenters. The average Bonchev–Trinajstić information content (AvgIpc) is 2.97. The lowest BCUT2D eigenvalue weighted by molar-refractivity contribution is 0.821. The SMILES string of the molecule is Cc1csc(C(C)Nc2ccc3n[nH]c(=O)n3n2)n1. The third-order valence-corrected chi connectivity index (χ3v) is 3.79. The maximum absolute atomic E-state index is 11.4. The standard InChI is InChI=1S/C11H12N6OS/c1-6-5-19-10(12-6)7(2)13-8-3-4-9-14-15-11(18)17(9)16-8/h3-5,7H,1-2H3,(H,13,16)(H,15,18). The fraction of sp³-hybridized carbons (Fsp3) is 0.273. The number of aromatic nitrogens is 5. The van der Waals surface area contributed by atoms with E-state index in [2.05, 4.69) is 25.6 Å². The van der Waals surface area contributed by atoms with Crippen LogP contribution in [0, 0.1) is 6.92 Å². The summed E-state index contributed by atoms with van der Waals surface area (Å²) < 4.78 is 1.22. The molecule has 3 heterocycles. The number of rotatable bonds is 3. The zero-order valence-corrected chi connectivity index (χ0v) is 11.2. The van der Waals surface area contributed by atoms with E-state index in [-0.39, 0.29) is 11.7 Å². The van der Waals surface area contributed by atoms with Crippen LogP contribution in [0.5, 0.6) is 0 Å². The molecule has 19 heavy (non-hydrogen) atoms. The highest BCUT2D eigenvalue weighted by molar-refractivity contribution is 7.09. The van der Waals surface area contributed by atoms with Gasteiger partial charge in [-0.2, -0.15) is 9.61 Å². The van der Waals surface area contributed by atoms with Crippen molar-refractivity contribution in [1.82, 2.24) is 24.8 Å². The van der Waals surface area contributed by atoms with Crippen molar-refractivity contribution in [2.75, 3.05) is 5.32 Å². The van der Waals surface area contributed by atoms with Crippen LogP contribution in [-0.2, 0) is 0 Å². The van der Waals surface area contributed by atoms with Gasteiger partial charge in [0, 0.05) is 11.1 Å². The van der Waals surface area contributed by atoms with Crippen molar-refractivity contribution in [3.63, 3.8) is 0 Å². The Morgan fingerprint density at radius 1 is 1.47 bits per heavy atom. The Morgan fingerprint density at radius 3 is 3.05 bits per heavy atom. The van der Waals surface area contributed by atoms with Crippen LogP contribution in [-0.4, -0.2) is 24.8 Å². The molecule has 0 spiro atoms. The summed E-state index contributed by atoms with van der Waals surface area (Å²) >= 11 is 1.60. The van der Waals surface area contributed by atoms with E-state index in [4.69, 9.17) is 0 Å². The van der Waals surface area contributed by atoms with Crippen molar-refractivity contribution in [2.45, 2.75) is 19.9 Å². The van der Waals surface area contributed by atoms with Crippen LogP contribution in [0.15, 0.2) is 22.3 Å². The summed E-state index contributed by atoms with van der Waals surface area (Å²) in [6.07, 6.45) is 0. The second-order valence-electron chi connectivity index (χ2n) is 4.21. The largest absolute Gasteiger partial charge is 0.364 e. The van der Waals surface area contributed by atoms with Gasteiger partial charge in [0.1, 0.15) is 10.8 Å². The van der Waals surface area contributed by atoms with E-state index in [1.165, 1.54) is 4.52 Å². The lowest BCUT2D eigenvalue weighted by Gasteiger charge is -2.11. The zero-order valence-electron chi connectivity index (χ0n) is 10.4. The Labute approximate surface area is 112 Å². The van der Waals surface area contributed by atoms with E-state index in [1.807, 2.05) is 19.2 Å². The summed E-state index contributed by atoms with van der Waals surface area (Å²) in [7, 11) is 0. The van der Waals surface area contributed by atoms with E-state index in [0.717, 1.165) is 10.7 Å². The van der Waals surface area contributed by atoms with Gasteiger partial charge in [-0.3, -0.25) is 0 Å². The molecule has 0 saturated carbocycles. The summed E-state index contributed by atoms with van der Waals surface area (Å²) in [5.41, 5.74) is 1.15. The van der Waals surface area contributed by atoms with Crippen LogP contribution in [0.4, 0.5) is 5.82 Å². The first kappa shape index (κ1) is 11.8. The van der Waals surface area contributed by atoms with Gasteiger partial charge >= 0.3 is 5.69 Å². The monoisotopic (exact) mass is 276 g/mol. The Morgan fingerprint density at radius 2 is 2.32 bits per heavy atom. The molecule has 0 aromatic carbocycles. The van der Waals surface area contributed by atoms with Crippen molar-refractivity contribution in [2.24, 2.45) is 0 Å². The third kappa shape index (κ3) is 2.22. The lowest BCUT2D eigenvalue weighted by Crippen LogP contribution is -2.15. The number of anilines is 1. The zero-order chi connectivity index (χ0) is 13.4. The number of H-pyrrole nitrogens is 1. The van der Waals surface area contributed by atoms with Crippen LogP contribution in [0.1, 0.15) is 23.7 Å². The molecule has 0 aliphatic rings. The molecule has 0 aliphatic heterocycles. The molecule has 3 aromatic heterocycles. The molecule has 2 N–H and O–H groups in total. The normalized spacial score (nSPS) is 12.7. The molecule has 0 bridgehead atoms.